The van der Waals surface area contributed by atoms with Crippen LogP contribution >= 0.6 is 0 Å². The lowest BCUT2D eigenvalue weighted by atomic mass is 9.81. The van der Waals surface area contributed by atoms with Crippen molar-refractivity contribution in [1.29, 1.82) is 0 Å². The summed E-state index contributed by atoms with van der Waals surface area (Å²) < 4.78 is 0. The van der Waals surface area contributed by atoms with Gasteiger partial charge in [0.1, 0.15) is 0 Å². The maximum atomic E-state index is 10.4. The topological polar surface area (TPSA) is 20.2 Å². The molecular weight excluding hydrogens is 196 g/mol. The summed E-state index contributed by atoms with van der Waals surface area (Å²) in [5, 5.41) is 10.4. The Balaban J connectivity index is 0. The standard InChI is InChI=1S/C13H28O.C2H6/c1-6-8-9-13(14,7-2)10-12(5)11(3)4;1-2/h11-12,14H,6-10H2,1-5H3;1-2H3. The molecule has 0 aromatic heterocycles. The van der Waals surface area contributed by atoms with Gasteiger partial charge in [0, 0.05) is 0 Å². The van der Waals surface area contributed by atoms with E-state index in [1.165, 1.54) is 6.42 Å². The van der Waals surface area contributed by atoms with Crippen LogP contribution in [0.15, 0.2) is 0 Å². The Bertz CT molecular complexity index is 142. The van der Waals surface area contributed by atoms with Crippen LogP contribution in [-0.4, -0.2) is 10.7 Å². The molecule has 1 N–H and O–H groups in total. The van der Waals surface area contributed by atoms with E-state index in [9.17, 15) is 5.11 Å². The Morgan fingerprint density at radius 3 is 1.88 bits per heavy atom. The molecule has 2 unspecified atom stereocenters. The summed E-state index contributed by atoms with van der Waals surface area (Å²) in [6, 6.07) is 0. The highest BCUT2D eigenvalue weighted by molar-refractivity contribution is 4.79. The molecule has 0 amide bonds. The van der Waals surface area contributed by atoms with Crippen molar-refractivity contribution in [2.75, 3.05) is 0 Å². The third kappa shape index (κ3) is 8.15. The molecule has 0 aliphatic rings. The van der Waals surface area contributed by atoms with Crippen molar-refractivity contribution in [3.8, 4) is 0 Å². The average Bonchev–Trinajstić information content (AvgIpc) is 2.29. The summed E-state index contributed by atoms with van der Waals surface area (Å²) in [5.41, 5.74) is -0.403. The van der Waals surface area contributed by atoms with Crippen molar-refractivity contribution in [1.82, 2.24) is 0 Å². The highest BCUT2D eigenvalue weighted by Crippen LogP contribution is 2.29. The predicted octanol–water partition coefficient (Wildman–Crippen LogP) is 5.03. The SMILES string of the molecule is CC.CCCCC(O)(CC)CC(C)C(C)C. The smallest absolute Gasteiger partial charge is 0.0647 e. The predicted molar refractivity (Wildman–Crippen MR) is 74.7 cm³/mol. The van der Waals surface area contributed by atoms with Gasteiger partial charge in [0.25, 0.3) is 0 Å². The highest BCUT2D eigenvalue weighted by Gasteiger charge is 2.27. The van der Waals surface area contributed by atoms with Crippen LogP contribution in [0.25, 0.3) is 0 Å². The van der Waals surface area contributed by atoms with Gasteiger partial charge in [-0.2, -0.15) is 0 Å². The molecule has 0 aliphatic heterocycles. The van der Waals surface area contributed by atoms with Gasteiger partial charge in [0.2, 0.25) is 0 Å². The second-order valence-corrected chi connectivity index (χ2v) is 5.11. The molecule has 0 aromatic rings. The molecule has 0 rings (SSSR count). The third-order valence-electron chi connectivity index (χ3n) is 3.49. The first-order chi connectivity index (χ1) is 7.45. The number of rotatable bonds is 7. The zero-order valence-corrected chi connectivity index (χ0v) is 12.6. The number of hydrogen-bond acceptors (Lipinski definition) is 1. The van der Waals surface area contributed by atoms with Crippen LogP contribution in [-0.2, 0) is 0 Å². The largest absolute Gasteiger partial charge is 0.390 e. The van der Waals surface area contributed by atoms with E-state index in [1.54, 1.807) is 0 Å². The van der Waals surface area contributed by atoms with Gasteiger partial charge in [0.15, 0.2) is 0 Å². The molecule has 1 heteroatoms. The van der Waals surface area contributed by atoms with Crippen LogP contribution in [0.4, 0.5) is 0 Å². The lowest BCUT2D eigenvalue weighted by Crippen LogP contribution is -2.31. The highest BCUT2D eigenvalue weighted by atomic mass is 16.3. The third-order valence-corrected chi connectivity index (χ3v) is 3.49. The van der Waals surface area contributed by atoms with Crippen LogP contribution in [0.3, 0.4) is 0 Å². The van der Waals surface area contributed by atoms with Crippen LogP contribution in [0.2, 0.25) is 0 Å². The fourth-order valence-electron chi connectivity index (χ4n) is 1.76. The van der Waals surface area contributed by atoms with Gasteiger partial charge in [0.05, 0.1) is 5.60 Å². The van der Waals surface area contributed by atoms with Crippen molar-refractivity contribution in [3.63, 3.8) is 0 Å². The molecule has 0 saturated carbocycles. The van der Waals surface area contributed by atoms with Crippen molar-refractivity contribution < 1.29 is 5.11 Å². The summed E-state index contributed by atoms with van der Waals surface area (Å²) >= 11 is 0. The minimum absolute atomic E-state index is 0.403. The van der Waals surface area contributed by atoms with E-state index in [4.69, 9.17) is 0 Å². The van der Waals surface area contributed by atoms with Crippen molar-refractivity contribution in [2.45, 2.75) is 86.2 Å². The van der Waals surface area contributed by atoms with E-state index in [0.29, 0.717) is 11.8 Å². The van der Waals surface area contributed by atoms with Gasteiger partial charge >= 0.3 is 0 Å². The van der Waals surface area contributed by atoms with E-state index in [-0.39, 0.29) is 0 Å². The number of aliphatic hydroxyl groups is 1. The molecule has 1 nitrogen and oxygen atoms in total. The van der Waals surface area contributed by atoms with Gasteiger partial charge in [-0.25, -0.2) is 0 Å². The maximum absolute atomic E-state index is 10.4. The van der Waals surface area contributed by atoms with Crippen molar-refractivity contribution >= 4 is 0 Å². The van der Waals surface area contributed by atoms with Gasteiger partial charge in [-0.05, 0) is 31.1 Å². The Morgan fingerprint density at radius 2 is 1.56 bits per heavy atom. The second-order valence-electron chi connectivity index (χ2n) is 5.11. The van der Waals surface area contributed by atoms with E-state index in [2.05, 4.69) is 34.6 Å². The van der Waals surface area contributed by atoms with E-state index in [1.807, 2.05) is 13.8 Å². The molecule has 100 valence electrons. The first kappa shape index (κ1) is 18.3. The van der Waals surface area contributed by atoms with E-state index < -0.39 is 5.60 Å². The Hall–Kier alpha value is -0.0400. The van der Waals surface area contributed by atoms with Gasteiger partial charge in [-0.1, -0.05) is 61.3 Å². The fraction of sp³-hybridized carbons (Fsp3) is 1.00. The zero-order valence-electron chi connectivity index (χ0n) is 12.6. The van der Waals surface area contributed by atoms with E-state index in [0.717, 1.165) is 25.7 Å². The summed E-state index contributed by atoms with van der Waals surface area (Å²) in [6.07, 6.45) is 5.15. The Labute approximate surface area is 104 Å². The molecule has 0 aromatic carbocycles. The maximum Gasteiger partial charge on any atom is 0.0647 e. The van der Waals surface area contributed by atoms with Crippen LogP contribution in [0, 0.1) is 11.8 Å². The van der Waals surface area contributed by atoms with Crippen LogP contribution < -0.4 is 0 Å². The van der Waals surface area contributed by atoms with Crippen LogP contribution in [0.5, 0.6) is 0 Å². The van der Waals surface area contributed by atoms with Gasteiger partial charge in [-0.15, -0.1) is 0 Å². The monoisotopic (exact) mass is 230 g/mol. The van der Waals surface area contributed by atoms with Gasteiger partial charge < -0.3 is 5.11 Å². The fourth-order valence-corrected chi connectivity index (χ4v) is 1.76. The summed E-state index contributed by atoms with van der Waals surface area (Å²) in [4.78, 5) is 0. The van der Waals surface area contributed by atoms with Crippen molar-refractivity contribution in [3.05, 3.63) is 0 Å². The van der Waals surface area contributed by atoms with Crippen molar-refractivity contribution in [2.24, 2.45) is 11.8 Å². The number of hydrogen-bond donors (Lipinski definition) is 1. The van der Waals surface area contributed by atoms with Crippen LogP contribution in [0.1, 0.15) is 80.6 Å². The Morgan fingerprint density at radius 1 is 1.06 bits per heavy atom. The molecule has 2 atom stereocenters. The molecule has 0 saturated heterocycles. The average molecular weight is 230 g/mol. The van der Waals surface area contributed by atoms with Gasteiger partial charge in [-0.3, -0.25) is 0 Å². The lowest BCUT2D eigenvalue weighted by molar-refractivity contribution is -0.00193. The minimum Gasteiger partial charge on any atom is -0.390 e. The summed E-state index contributed by atoms with van der Waals surface area (Å²) in [7, 11) is 0. The zero-order chi connectivity index (χ0) is 13.2. The first-order valence-electron chi connectivity index (χ1n) is 7.17. The lowest BCUT2D eigenvalue weighted by Gasteiger charge is -2.31. The molecule has 0 heterocycles. The molecule has 0 bridgehead atoms. The molecule has 0 aliphatic carbocycles. The Kier molecular flexibility index (Phi) is 11.6. The normalized spacial score (nSPS) is 16.3. The molecule has 0 radical (unpaired) electrons. The minimum atomic E-state index is -0.403. The summed E-state index contributed by atoms with van der Waals surface area (Å²) in [5.74, 6) is 1.30. The molecule has 0 fully saturated rings. The summed E-state index contributed by atoms with van der Waals surface area (Å²) in [6.45, 7) is 15.0. The number of unbranched alkanes of at least 4 members (excludes halogenated alkanes) is 1. The quantitative estimate of drug-likeness (QED) is 0.650. The van der Waals surface area contributed by atoms with E-state index >= 15 is 0 Å². The second kappa shape index (κ2) is 10.1. The molecule has 0 spiro atoms. The molecular formula is C15H34O. The molecule has 16 heavy (non-hydrogen) atoms. The first-order valence-corrected chi connectivity index (χ1v) is 7.17.